The van der Waals surface area contributed by atoms with Crippen LogP contribution in [0.4, 0.5) is 5.69 Å². The number of hydrogen-bond acceptors (Lipinski definition) is 5. The number of carbonyl (C=O) groups excluding carboxylic acids is 3. The third kappa shape index (κ3) is 21.7. The average molecular weight is 832 g/mol. The Morgan fingerprint density at radius 1 is 0.650 bits per heavy atom. The second-order valence-electron chi connectivity index (χ2n) is 18.4. The second-order valence-corrected chi connectivity index (χ2v) is 18.4. The van der Waals surface area contributed by atoms with Gasteiger partial charge in [-0.25, -0.2) is 0 Å². The van der Waals surface area contributed by atoms with E-state index in [1.807, 2.05) is 12.1 Å². The van der Waals surface area contributed by atoms with E-state index in [0.717, 1.165) is 100 Å². The number of amides is 2. The number of benzene rings is 2. The molecule has 0 aromatic heterocycles. The number of nitrogens with zero attached hydrogens (tertiary/aromatic N) is 2. The number of anilines is 1. The minimum Gasteiger partial charge on any atom is -0.469 e. The summed E-state index contributed by atoms with van der Waals surface area (Å²) in [4.78, 5) is 45.4. The third-order valence-corrected chi connectivity index (χ3v) is 13.3. The van der Waals surface area contributed by atoms with Crippen molar-refractivity contribution in [1.82, 2.24) is 9.80 Å². The molecule has 7 heteroatoms. The lowest BCUT2D eigenvalue weighted by atomic mass is 9.87. The largest absolute Gasteiger partial charge is 0.469 e. The molecule has 0 radical (unpaired) electrons. The van der Waals surface area contributed by atoms with Crippen molar-refractivity contribution < 1.29 is 19.1 Å². The summed E-state index contributed by atoms with van der Waals surface area (Å²) in [5.41, 5.74) is 0.819. The molecule has 340 valence electrons. The molecule has 2 amide bonds. The molecule has 1 aliphatic heterocycles. The summed E-state index contributed by atoms with van der Waals surface area (Å²) in [6, 6.07) is 14.2. The number of rotatable bonds is 35. The van der Waals surface area contributed by atoms with E-state index >= 15 is 0 Å². The molecule has 1 aliphatic rings. The minimum absolute atomic E-state index is 0.00448. The first-order chi connectivity index (χ1) is 29.4. The van der Waals surface area contributed by atoms with Crippen LogP contribution in [0.1, 0.15) is 213 Å². The van der Waals surface area contributed by atoms with E-state index in [0.29, 0.717) is 18.8 Å². The Balaban J connectivity index is 1.64. The number of hydrogen-bond donors (Lipinski definition) is 1. The predicted octanol–water partition coefficient (Wildman–Crippen LogP) is 14.2. The lowest BCUT2D eigenvalue weighted by Gasteiger charge is -2.40. The van der Waals surface area contributed by atoms with Gasteiger partial charge in [-0.15, -0.1) is 0 Å². The van der Waals surface area contributed by atoms with Gasteiger partial charge < -0.3 is 19.9 Å². The Kier molecular flexibility index (Phi) is 28.1. The number of piperidine rings is 1. The van der Waals surface area contributed by atoms with Crippen LogP contribution in [0.25, 0.3) is 10.8 Å². The quantitative estimate of drug-likeness (QED) is 0.0553. The Morgan fingerprint density at radius 3 is 1.67 bits per heavy atom. The van der Waals surface area contributed by atoms with Crippen molar-refractivity contribution in [2.75, 3.05) is 32.6 Å². The fourth-order valence-electron chi connectivity index (χ4n) is 9.37. The van der Waals surface area contributed by atoms with Crippen molar-refractivity contribution in [3.05, 3.63) is 42.5 Å². The smallest absolute Gasteiger partial charge is 0.305 e. The van der Waals surface area contributed by atoms with Crippen LogP contribution in [0.15, 0.2) is 42.5 Å². The highest BCUT2D eigenvalue weighted by atomic mass is 16.5. The summed E-state index contributed by atoms with van der Waals surface area (Å²) >= 11 is 0. The molecule has 7 nitrogen and oxygen atoms in total. The van der Waals surface area contributed by atoms with Crippen molar-refractivity contribution in [3.63, 3.8) is 0 Å². The van der Waals surface area contributed by atoms with E-state index in [1.165, 1.54) is 123 Å². The Bertz CT molecular complexity index is 1410. The van der Waals surface area contributed by atoms with Crippen LogP contribution in [-0.2, 0) is 19.1 Å². The normalized spacial score (nSPS) is 14.2. The van der Waals surface area contributed by atoms with Gasteiger partial charge in [-0.2, -0.15) is 0 Å². The first kappa shape index (κ1) is 51.4. The van der Waals surface area contributed by atoms with E-state index in [-0.39, 0.29) is 23.8 Å². The predicted molar refractivity (Wildman–Crippen MR) is 254 cm³/mol. The molecule has 1 saturated heterocycles. The van der Waals surface area contributed by atoms with Gasteiger partial charge in [-0.1, -0.05) is 185 Å². The topological polar surface area (TPSA) is 79.0 Å². The van der Waals surface area contributed by atoms with Crippen LogP contribution in [0.5, 0.6) is 0 Å². The molecular weight excluding hydrogens is 743 g/mol. The molecular formula is C53H89N3O4. The lowest BCUT2D eigenvalue weighted by molar-refractivity contribution is -0.143. The molecule has 0 spiro atoms. The maximum absolute atomic E-state index is 14.8. The number of methoxy groups -OCH3 is 1. The van der Waals surface area contributed by atoms with Crippen molar-refractivity contribution in [2.45, 2.75) is 225 Å². The van der Waals surface area contributed by atoms with Crippen LogP contribution in [-0.4, -0.2) is 66.9 Å². The molecule has 0 aliphatic carbocycles. The molecule has 3 rings (SSSR count). The van der Waals surface area contributed by atoms with Gasteiger partial charge in [0.05, 0.1) is 7.11 Å². The number of fused-ring (bicyclic) bond motifs is 1. The number of likely N-dealkylation sites (tertiary alicyclic amines) is 1. The molecule has 1 atom stereocenters. The number of carbonyl (C=O) groups is 3. The first-order valence-electron chi connectivity index (χ1n) is 25.2. The Labute approximate surface area is 367 Å². The SMILES string of the molecule is CCCCCCCC(CCCCCCC)N(C(=O)CCCCCCCCCCCCCCCCC(=O)OC)C(CC1CCN(C)CC1)C(=O)Nc1ccc2ccccc2c1. The Hall–Kier alpha value is -2.93. The molecule has 1 unspecified atom stereocenters. The third-order valence-electron chi connectivity index (χ3n) is 13.3. The van der Waals surface area contributed by atoms with Crippen LogP contribution >= 0.6 is 0 Å². The number of ether oxygens (including phenoxy) is 1. The first-order valence-corrected chi connectivity index (χ1v) is 25.2. The second kappa shape index (κ2) is 32.7. The van der Waals surface area contributed by atoms with Crippen LogP contribution in [0.2, 0.25) is 0 Å². The zero-order valence-corrected chi connectivity index (χ0v) is 39.1. The molecule has 1 N–H and O–H groups in total. The van der Waals surface area contributed by atoms with E-state index in [2.05, 4.69) is 66.3 Å². The highest BCUT2D eigenvalue weighted by Crippen LogP contribution is 2.30. The van der Waals surface area contributed by atoms with E-state index in [4.69, 9.17) is 4.74 Å². The molecule has 2 aromatic carbocycles. The molecule has 1 heterocycles. The zero-order chi connectivity index (χ0) is 43.0. The monoisotopic (exact) mass is 832 g/mol. The average Bonchev–Trinajstić information content (AvgIpc) is 3.26. The summed E-state index contributed by atoms with van der Waals surface area (Å²) in [6.07, 6.45) is 34.9. The van der Waals surface area contributed by atoms with Crippen molar-refractivity contribution >= 4 is 34.2 Å². The summed E-state index contributed by atoms with van der Waals surface area (Å²) in [6.45, 7) is 6.64. The van der Waals surface area contributed by atoms with Gasteiger partial charge in [0.2, 0.25) is 11.8 Å². The highest BCUT2D eigenvalue weighted by molar-refractivity contribution is 5.99. The molecule has 2 aromatic rings. The zero-order valence-electron chi connectivity index (χ0n) is 39.1. The molecule has 0 bridgehead atoms. The molecule has 0 saturated carbocycles. The maximum Gasteiger partial charge on any atom is 0.305 e. The maximum atomic E-state index is 14.8. The van der Waals surface area contributed by atoms with Gasteiger partial charge >= 0.3 is 5.97 Å². The lowest BCUT2D eigenvalue weighted by Crippen LogP contribution is -2.53. The van der Waals surface area contributed by atoms with Crippen LogP contribution in [0.3, 0.4) is 0 Å². The fourth-order valence-corrected chi connectivity index (χ4v) is 9.37. The molecule has 1 fully saturated rings. The number of esters is 1. The van der Waals surface area contributed by atoms with Crippen LogP contribution in [0, 0.1) is 5.92 Å². The summed E-state index contributed by atoms with van der Waals surface area (Å²) in [5.74, 6) is 0.544. The van der Waals surface area contributed by atoms with E-state index < -0.39 is 6.04 Å². The van der Waals surface area contributed by atoms with Crippen molar-refractivity contribution in [3.8, 4) is 0 Å². The fraction of sp³-hybridized carbons (Fsp3) is 0.755. The number of unbranched alkanes of at least 4 members (excludes halogenated alkanes) is 21. The number of nitrogens with one attached hydrogen (secondary N) is 1. The van der Waals surface area contributed by atoms with Gasteiger partial charge in [0, 0.05) is 24.6 Å². The van der Waals surface area contributed by atoms with Gasteiger partial charge in [0.15, 0.2) is 0 Å². The standard InChI is InChI=1S/C53H89N3O4/c1-5-7-9-21-25-33-49(34-26-22-10-8-6-2)56(51(57)35-27-23-19-17-15-13-11-12-14-16-18-20-24-28-36-52(58)60-4)50(43-45-39-41-55(3)42-40-45)53(59)54-48-38-37-46-31-29-30-32-47(46)44-48/h29-32,37-38,44-45,49-50H,5-28,33-36,39-43H2,1-4H3,(H,54,59). The van der Waals surface area contributed by atoms with Crippen molar-refractivity contribution in [1.29, 1.82) is 0 Å². The Morgan fingerprint density at radius 2 is 1.13 bits per heavy atom. The van der Waals surface area contributed by atoms with E-state index in [1.54, 1.807) is 0 Å². The summed E-state index contributed by atoms with van der Waals surface area (Å²) in [5, 5.41) is 5.64. The molecule has 60 heavy (non-hydrogen) atoms. The highest BCUT2D eigenvalue weighted by Gasteiger charge is 2.37. The van der Waals surface area contributed by atoms with Gasteiger partial charge in [0.25, 0.3) is 0 Å². The van der Waals surface area contributed by atoms with E-state index in [9.17, 15) is 14.4 Å². The van der Waals surface area contributed by atoms with Crippen LogP contribution < -0.4 is 5.32 Å². The van der Waals surface area contributed by atoms with Crippen molar-refractivity contribution in [2.24, 2.45) is 5.92 Å². The summed E-state index contributed by atoms with van der Waals surface area (Å²) in [7, 11) is 3.67. The van der Waals surface area contributed by atoms with Gasteiger partial charge in [-0.3, -0.25) is 14.4 Å². The van der Waals surface area contributed by atoms with Gasteiger partial charge in [-0.05, 0) is 93.9 Å². The summed E-state index contributed by atoms with van der Waals surface area (Å²) < 4.78 is 4.73. The minimum atomic E-state index is -0.458. The van der Waals surface area contributed by atoms with Gasteiger partial charge in [0.1, 0.15) is 6.04 Å².